The number of benzene rings is 1. The first-order chi connectivity index (χ1) is 11.6. The lowest BCUT2D eigenvalue weighted by atomic mass is 9.97. The van der Waals surface area contributed by atoms with E-state index in [1.54, 1.807) is 0 Å². The van der Waals surface area contributed by atoms with Gasteiger partial charge in [-0.3, -0.25) is 9.78 Å². The van der Waals surface area contributed by atoms with Gasteiger partial charge < -0.3 is 21.4 Å². The van der Waals surface area contributed by atoms with Crippen molar-refractivity contribution < 1.29 is 9.94 Å². The molecule has 8 nitrogen and oxygen atoms in total. The molecular formula is C16H21N5O3. The molecule has 2 aromatic rings. The highest BCUT2D eigenvalue weighted by atomic mass is 16.5. The molecule has 0 radical (unpaired) electrons. The highest BCUT2D eigenvalue weighted by molar-refractivity contribution is 5.69. The number of rotatable bonds is 8. The normalized spacial score (nSPS) is 12.5. The predicted molar refractivity (Wildman–Crippen MR) is 92.0 cm³/mol. The van der Waals surface area contributed by atoms with E-state index >= 15 is 0 Å². The van der Waals surface area contributed by atoms with Gasteiger partial charge in [0.2, 0.25) is 5.95 Å². The molecule has 1 aromatic carbocycles. The maximum absolute atomic E-state index is 12.0. The van der Waals surface area contributed by atoms with Crippen molar-refractivity contribution in [2.24, 2.45) is 5.16 Å². The molecule has 128 valence electrons. The fourth-order valence-corrected chi connectivity index (χ4v) is 2.42. The zero-order valence-corrected chi connectivity index (χ0v) is 13.2. The second kappa shape index (κ2) is 8.68. The van der Waals surface area contributed by atoms with E-state index in [1.165, 1.54) is 6.21 Å². The van der Waals surface area contributed by atoms with Crippen LogP contribution in [0.2, 0.25) is 0 Å². The number of H-pyrrole nitrogens is 1. The first kappa shape index (κ1) is 17.5. The lowest BCUT2D eigenvalue weighted by Crippen LogP contribution is -2.23. The Hall–Kier alpha value is -2.87. The topological polar surface area (TPSA) is 140 Å². The van der Waals surface area contributed by atoms with Gasteiger partial charge in [-0.2, -0.15) is 4.98 Å². The summed E-state index contributed by atoms with van der Waals surface area (Å²) in [5.74, 6) is -0.481. The number of hydrogen-bond donors (Lipinski definition) is 4. The van der Waals surface area contributed by atoms with Crippen LogP contribution in [0.25, 0.3) is 0 Å². The van der Waals surface area contributed by atoms with Gasteiger partial charge in [0, 0.05) is 12.5 Å². The summed E-state index contributed by atoms with van der Waals surface area (Å²) in [5, 5.41) is 11.9. The van der Waals surface area contributed by atoms with Crippen molar-refractivity contribution in [2.45, 2.75) is 25.4 Å². The maximum Gasteiger partial charge on any atom is 0.258 e. The maximum atomic E-state index is 12.0. The number of ether oxygens (including phenoxy) is 1. The van der Waals surface area contributed by atoms with Crippen LogP contribution in [0.1, 0.15) is 29.9 Å². The van der Waals surface area contributed by atoms with Crippen LogP contribution in [-0.2, 0) is 11.3 Å². The second-order valence-electron chi connectivity index (χ2n) is 5.30. The number of aromatic nitrogens is 2. The van der Waals surface area contributed by atoms with Crippen LogP contribution in [-0.4, -0.2) is 28.0 Å². The van der Waals surface area contributed by atoms with Gasteiger partial charge in [-0.25, -0.2) is 0 Å². The SMILES string of the molecule is Nc1nc(N)c(C(/C=N/O)CCCOCc2ccccc2)c(=O)[nH]1. The standard InChI is InChI=1S/C16H21N5O3/c17-14-13(15(22)21-16(18)20-14)12(9-19-23)7-4-8-24-10-11-5-2-1-3-6-11/h1-3,5-6,9,12,23H,4,7-8,10H2,(H5,17,18,20,21,22)/b19-9+. The number of oxime groups is 1. The van der Waals surface area contributed by atoms with Crippen molar-refractivity contribution >= 4 is 18.0 Å². The Balaban J connectivity index is 1.91. The summed E-state index contributed by atoms with van der Waals surface area (Å²) in [4.78, 5) is 18.3. The van der Waals surface area contributed by atoms with Crippen LogP contribution < -0.4 is 17.0 Å². The Morgan fingerprint density at radius 3 is 2.75 bits per heavy atom. The molecule has 1 heterocycles. The molecule has 8 heteroatoms. The van der Waals surface area contributed by atoms with Crippen molar-refractivity contribution in [1.82, 2.24) is 9.97 Å². The first-order valence-corrected chi connectivity index (χ1v) is 7.56. The number of anilines is 2. The van der Waals surface area contributed by atoms with Gasteiger partial charge >= 0.3 is 0 Å². The number of aromatic amines is 1. The number of nitrogen functional groups attached to an aromatic ring is 2. The number of hydrogen-bond acceptors (Lipinski definition) is 7. The van der Waals surface area contributed by atoms with E-state index in [2.05, 4.69) is 15.1 Å². The van der Waals surface area contributed by atoms with Crippen molar-refractivity contribution in [3.63, 3.8) is 0 Å². The lowest BCUT2D eigenvalue weighted by molar-refractivity contribution is 0.117. The van der Waals surface area contributed by atoms with E-state index in [4.69, 9.17) is 21.4 Å². The van der Waals surface area contributed by atoms with Crippen molar-refractivity contribution in [1.29, 1.82) is 0 Å². The molecule has 0 saturated carbocycles. The molecule has 2 rings (SSSR count). The molecule has 1 unspecified atom stereocenters. The van der Waals surface area contributed by atoms with E-state index < -0.39 is 11.5 Å². The number of nitrogens with zero attached hydrogens (tertiary/aromatic N) is 2. The first-order valence-electron chi connectivity index (χ1n) is 7.56. The van der Waals surface area contributed by atoms with Crippen LogP contribution in [0.3, 0.4) is 0 Å². The molecule has 24 heavy (non-hydrogen) atoms. The predicted octanol–water partition coefficient (Wildman–Crippen LogP) is 1.47. The highest BCUT2D eigenvalue weighted by Crippen LogP contribution is 2.21. The molecule has 0 spiro atoms. The Bertz CT molecular complexity index is 730. The van der Waals surface area contributed by atoms with E-state index in [0.29, 0.717) is 26.1 Å². The zero-order valence-electron chi connectivity index (χ0n) is 13.2. The summed E-state index contributed by atoms with van der Waals surface area (Å²) in [6, 6.07) is 9.83. The van der Waals surface area contributed by atoms with E-state index in [9.17, 15) is 4.79 Å². The lowest BCUT2D eigenvalue weighted by Gasteiger charge is -2.13. The smallest absolute Gasteiger partial charge is 0.258 e. The Morgan fingerprint density at radius 1 is 1.33 bits per heavy atom. The molecule has 0 fully saturated rings. The van der Waals surface area contributed by atoms with Crippen LogP contribution >= 0.6 is 0 Å². The molecule has 0 aliphatic rings. The van der Waals surface area contributed by atoms with Gasteiger partial charge in [-0.05, 0) is 18.4 Å². The molecule has 0 aliphatic carbocycles. The third-order valence-electron chi connectivity index (χ3n) is 3.54. The summed E-state index contributed by atoms with van der Waals surface area (Å²) in [5.41, 5.74) is 12.1. The van der Waals surface area contributed by atoms with Crippen LogP contribution in [0.15, 0.2) is 40.3 Å². The molecular weight excluding hydrogens is 310 g/mol. The Kier molecular flexibility index (Phi) is 6.32. The molecule has 0 aliphatic heterocycles. The quantitative estimate of drug-likeness (QED) is 0.250. The molecule has 0 saturated heterocycles. The third-order valence-corrected chi connectivity index (χ3v) is 3.54. The summed E-state index contributed by atoms with van der Waals surface area (Å²) in [6.07, 6.45) is 2.44. The van der Waals surface area contributed by atoms with Crippen molar-refractivity contribution in [3.05, 3.63) is 51.8 Å². The highest BCUT2D eigenvalue weighted by Gasteiger charge is 2.18. The molecule has 1 aromatic heterocycles. The molecule has 6 N–H and O–H groups in total. The minimum absolute atomic E-state index is 0.0337. The fourth-order valence-electron chi connectivity index (χ4n) is 2.42. The fraction of sp³-hybridized carbons (Fsp3) is 0.312. The van der Waals surface area contributed by atoms with Gasteiger partial charge in [0.15, 0.2) is 0 Å². The summed E-state index contributed by atoms with van der Waals surface area (Å²) in [7, 11) is 0. The third kappa shape index (κ3) is 4.82. The summed E-state index contributed by atoms with van der Waals surface area (Å²) >= 11 is 0. The van der Waals surface area contributed by atoms with Gasteiger partial charge in [-0.1, -0.05) is 30.3 Å². The molecule has 1 atom stereocenters. The molecule has 0 bridgehead atoms. The largest absolute Gasteiger partial charge is 0.411 e. The van der Waals surface area contributed by atoms with Gasteiger partial charge in [0.1, 0.15) is 5.82 Å². The van der Waals surface area contributed by atoms with Crippen molar-refractivity contribution in [2.75, 3.05) is 18.1 Å². The van der Waals surface area contributed by atoms with E-state index in [-0.39, 0.29) is 17.3 Å². The van der Waals surface area contributed by atoms with Crippen LogP contribution in [0.4, 0.5) is 11.8 Å². The van der Waals surface area contributed by atoms with E-state index in [0.717, 1.165) is 5.56 Å². The number of nitrogens with one attached hydrogen (secondary N) is 1. The monoisotopic (exact) mass is 331 g/mol. The van der Waals surface area contributed by atoms with Crippen LogP contribution in [0, 0.1) is 0 Å². The average Bonchev–Trinajstić information content (AvgIpc) is 2.54. The average molecular weight is 331 g/mol. The van der Waals surface area contributed by atoms with Gasteiger partial charge in [0.25, 0.3) is 5.56 Å². The minimum Gasteiger partial charge on any atom is -0.411 e. The van der Waals surface area contributed by atoms with Gasteiger partial charge in [0.05, 0.1) is 18.4 Å². The summed E-state index contributed by atoms with van der Waals surface area (Å²) in [6.45, 7) is 1.02. The van der Waals surface area contributed by atoms with Crippen molar-refractivity contribution in [3.8, 4) is 0 Å². The Morgan fingerprint density at radius 2 is 2.08 bits per heavy atom. The minimum atomic E-state index is -0.466. The number of nitrogens with two attached hydrogens (primary N) is 2. The van der Waals surface area contributed by atoms with E-state index in [1.807, 2.05) is 30.3 Å². The van der Waals surface area contributed by atoms with Crippen LogP contribution in [0.5, 0.6) is 0 Å². The summed E-state index contributed by atoms with van der Waals surface area (Å²) < 4.78 is 5.60. The molecule has 0 amide bonds. The van der Waals surface area contributed by atoms with Gasteiger partial charge in [-0.15, -0.1) is 5.16 Å². The Labute approximate surface area is 139 Å². The zero-order chi connectivity index (χ0) is 17.4. The second-order valence-corrected chi connectivity index (χ2v) is 5.30.